The first kappa shape index (κ1) is 10.7. The smallest absolute Gasteiger partial charge is 0.304 e. The highest BCUT2D eigenvalue weighted by molar-refractivity contribution is 5.66. The molecule has 5 nitrogen and oxygen atoms in total. The Morgan fingerprint density at radius 2 is 2.50 bits per heavy atom. The number of aromatic nitrogens is 2. The summed E-state index contributed by atoms with van der Waals surface area (Å²) < 4.78 is 2.02. The minimum atomic E-state index is -0.781. The summed E-state index contributed by atoms with van der Waals surface area (Å²) in [7, 11) is 0. The average Bonchev–Trinajstić information content (AvgIpc) is 2.59. The Balaban J connectivity index is 2.27. The Labute approximate surface area is 82.8 Å². The van der Waals surface area contributed by atoms with Crippen LogP contribution in [0.25, 0.3) is 0 Å². The third kappa shape index (κ3) is 3.18. The van der Waals surface area contributed by atoms with E-state index in [4.69, 9.17) is 5.11 Å². The lowest BCUT2D eigenvalue weighted by Gasteiger charge is -2.05. The van der Waals surface area contributed by atoms with Gasteiger partial charge in [0, 0.05) is 25.5 Å². The van der Waals surface area contributed by atoms with Crippen molar-refractivity contribution in [2.24, 2.45) is 0 Å². The molecule has 1 aromatic rings. The highest BCUT2D eigenvalue weighted by atomic mass is 16.4. The molecule has 0 amide bonds. The lowest BCUT2D eigenvalue weighted by Crippen LogP contribution is -2.20. The molecule has 0 bridgehead atoms. The van der Waals surface area contributed by atoms with Crippen LogP contribution < -0.4 is 5.32 Å². The van der Waals surface area contributed by atoms with Gasteiger partial charge in [0.15, 0.2) is 0 Å². The number of nitrogens with zero attached hydrogens (tertiary/aromatic N) is 2. The highest BCUT2D eigenvalue weighted by Crippen LogP contribution is 1.96. The summed E-state index contributed by atoms with van der Waals surface area (Å²) in [5, 5.41) is 11.4. The van der Waals surface area contributed by atoms with Crippen LogP contribution in [0.5, 0.6) is 0 Å². The Morgan fingerprint density at radius 1 is 1.71 bits per heavy atom. The zero-order chi connectivity index (χ0) is 10.4. The zero-order valence-corrected chi connectivity index (χ0v) is 8.23. The van der Waals surface area contributed by atoms with E-state index in [0.717, 1.165) is 12.4 Å². The van der Waals surface area contributed by atoms with Crippen LogP contribution in [0.2, 0.25) is 0 Å². The van der Waals surface area contributed by atoms with Crippen LogP contribution in [0.3, 0.4) is 0 Å². The van der Waals surface area contributed by atoms with Gasteiger partial charge in [-0.1, -0.05) is 0 Å². The Morgan fingerprint density at radius 3 is 3.14 bits per heavy atom. The molecule has 0 aliphatic carbocycles. The van der Waals surface area contributed by atoms with E-state index in [1.165, 1.54) is 0 Å². The molecule has 0 saturated heterocycles. The van der Waals surface area contributed by atoms with Crippen molar-refractivity contribution in [3.63, 3.8) is 0 Å². The molecule has 78 valence electrons. The number of nitrogens with one attached hydrogen (secondary N) is 1. The van der Waals surface area contributed by atoms with Crippen LogP contribution in [-0.4, -0.2) is 27.2 Å². The summed E-state index contributed by atoms with van der Waals surface area (Å²) >= 11 is 0. The Bertz CT molecular complexity index is 296. The average molecular weight is 197 g/mol. The number of carbonyl (C=O) groups is 1. The maximum atomic E-state index is 10.2. The van der Waals surface area contributed by atoms with E-state index in [1.54, 1.807) is 6.20 Å². The van der Waals surface area contributed by atoms with Gasteiger partial charge in [-0.05, 0) is 6.92 Å². The summed E-state index contributed by atoms with van der Waals surface area (Å²) in [4.78, 5) is 14.4. The normalized spacial score (nSPS) is 10.4. The van der Waals surface area contributed by atoms with E-state index < -0.39 is 5.97 Å². The summed E-state index contributed by atoms with van der Waals surface area (Å²) in [6.45, 7) is 4.03. The van der Waals surface area contributed by atoms with E-state index >= 15 is 0 Å². The number of carboxylic acids is 1. The molecule has 0 unspecified atom stereocenters. The lowest BCUT2D eigenvalue weighted by molar-refractivity contribution is -0.136. The van der Waals surface area contributed by atoms with Gasteiger partial charge < -0.3 is 15.0 Å². The molecule has 1 heterocycles. The molecule has 0 spiro atoms. The van der Waals surface area contributed by atoms with Crippen molar-refractivity contribution in [2.75, 3.05) is 6.54 Å². The Kier molecular flexibility index (Phi) is 4.12. The number of hydrogen-bond donors (Lipinski definition) is 2. The monoisotopic (exact) mass is 197 g/mol. The van der Waals surface area contributed by atoms with Gasteiger partial charge in [0.2, 0.25) is 0 Å². The number of aryl methyl sites for hydroxylation is 1. The predicted molar refractivity (Wildman–Crippen MR) is 51.9 cm³/mol. The molecule has 1 aromatic heterocycles. The molecule has 1 rings (SSSR count). The fraction of sp³-hybridized carbons (Fsp3) is 0.556. The lowest BCUT2D eigenvalue weighted by atomic mass is 10.4. The second kappa shape index (κ2) is 5.39. The van der Waals surface area contributed by atoms with Crippen molar-refractivity contribution >= 4 is 5.97 Å². The third-order valence-corrected chi connectivity index (χ3v) is 1.94. The first-order chi connectivity index (χ1) is 6.74. The van der Waals surface area contributed by atoms with E-state index in [2.05, 4.69) is 10.3 Å². The number of rotatable bonds is 6. The van der Waals surface area contributed by atoms with Crippen molar-refractivity contribution in [3.8, 4) is 0 Å². The van der Waals surface area contributed by atoms with Crippen LogP contribution >= 0.6 is 0 Å². The van der Waals surface area contributed by atoms with Crippen molar-refractivity contribution < 1.29 is 9.90 Å². The van der Waals surface area contributed by atoms with Crippen LogP contribution in [0.15, 0.2) is 12.4 Å². The predicted octanol–water partition coefficient (Wildman–Crippen LogP) is 0.467. The molecule has 0 saturated carbocycles. The second-order valence-corrected chi connectivity index (χ2v) is 2.95. The van der Waals surface area contributed by atoms with Crippen LogP contribution in [0.1, 0.15) is 19.2 Å². The van der Waals surface area contributed by atoms with Crippen LogP contribution in [-0.2, 0) is 17.9 Å². The summed E-state index contributed by atoms with van der Waals surface area (Å²) in [6.07, 6.45) is 3.80. The summed E-state index contributed by atoms with van der Waals surface area (Å²) in [5.74, 6) is 0.161. The minimum absolute atomic E-state index is 0.146. The van der Waals surface area contributed by atoms with E-state index in [9.17, 15) is 4.79 Å². The molecule has 2 N–H and O–H groups in total. The molecule has 5 heteroatoms. The van der Waals surface area contributed by atoms with Gasteiger partial charge in [-0.2, -0.15) is 0 Å². The molecular weight excluding hydrogens is 182 g/mol. The number of carboxylic acid groups (broad SMARTS) is 1. The van der Waals surface area contributed by atoms with Crippen molar-refractivity contribution in [3.05, 3.63) is 18.2 Å². The molecule has 0 aromatic carbocycles. The minimum Gasteiger partial charge on any atom is -0.481 e. The summed E-state index contributed by atoms with van der Waals surface area (Å²) in [5.41, 5.74) is 0. The fourth-order valence-corrected chi connectivity index (χ4v) is 1.19. The first-order valence-electron chi connectivity index (χ1n) is 4.66. The largest absolute Gasteiger partial charge is 0.481 e. The molecule has 0 aliphatic rings. The summed E-state index contributed by atoms with van der Waals surface area (Å²) in [6, 6.07) is 0. The van der Waals surface area contributed by atoms with Crippen molar-refractivity contribution in [2.45, 2.75) is 26.4 Å². The molecule has 0 fully saturated rings. The van der Waals surface area contributed by atoms with Crippen LogP contribution in [0, 0.1) is 0 Å². The maximum absolute atomic E-state index is 10.2. The van der Waals surface area contributed by atoms with Gasteiger partial charge in [0.05, 0.1) is 13.0 Å². The second-order valence-electron chi connectivity index (χ2n) is 2.95. The fourth-order valence-electron chi connectivity index (χ4n) is 1.19. The van der Waals surface area contributed by atoms with Crippen LogP contribution in [0.4, 0.5) is 0 Å². The number of aliphatic carboxylic acids is 1. The maximum Gasteiger partial charge on any atom is 0.304 e. The molecule has 0 aliphatic heterocycles. The van der Waals surface area contributed by atoms with Crippen molar-refractivity contribution in [1.82, 2.24) is 14.9 Å². The molecular formula is C9H15N3O2. The third-order valence-electron chi connectivity index (χ3n) is 1.94. The van der Waals surface area contributed by atoms with Gasteiger partial charge in [0.1, 0.15) is 5.82 Å². The van der Waals surface area contributed by atoms with Gasteiger partial charge in [0.25, 0.3) is 0 Å². The van der Waals surface area contributed by atoms with Gasteiger partial charge in [-0.25, -0.2) is 4.98 Å². The number of hydrogen-bond acceptors (Lipinski definition) is 3. The Hall–Kier alpha value is -1.36. The topological polar surface area (TPSA) is 67.2 Å². The SMILES string of the molecule is CCn1ccnc1CNCCC(=O)O. The first-order valence-corrected chi connectivity index (χ1v) is 4.66. The standard InChI is InChI=1S/C9H15N3O2/c1-2-12-6-5-11-8(12)7-10-4-3-9(13)14/h5-6,10H,2-4,7H2,1H3,(H,13,14). The van der Waals surface area contributed by atoms with Gasteiger partial charge in [-0.15, -0.1) is 0 Å². The van der Waals surface area contributed by atoms with E-state index in [0.29, 0.717) is 13.1 Å². The van der Waals surface area contributed by atoms with E-state index in [1.807, 2.05) is 17.7 Å². The van der Waals surface area contributed by atoms with Gasteiger partial charge in [-0.3, -0.25) is 4.79 Å². The van der Waals surface area contributed by atoms with Crippen molar-refractivity contribution in [1.29, 1.82) is 0 Å². The quantitative estimate of drug-likeness (QED) is 0.650. The highest BCUT2D eigenvalue weighted by Gasteiger charge is 2.00. The molecule has 0 radical (unpaired) electrons. The zero-order valence-electron chi connectivity index (χ0n) is 8.23. The van der Waals surface area contributed by atoms with Gasteiger partial charge >= 0.3 is 5.97 Å². The number of imidazole rings is 1. The molecule has 14 heavy (non-hydrogen) atoms. The van der Waals surface area contributed by atoms with E-state index in [-0.39, 0.29) is 6.42 Å². The molecule has 0 atom stereocenters.